The molecule has 5 aromatic rings. The molecule has 3 N–H and O–H groups in total. The molecule has 1 saturated heterocycles. The Bertz CT molecular complexity index is 1640. The molecule has 0 amide bonds. The van der Waals surface area contributed by atoms with Crippen molar-refractivity contribution in [1.82, 2.24) is 40.3 Å². The number of halogens is 1. The van der Waals surface area contributed by atoms with Gasteiger partial charge >= 0.3 is 0 Å². The van der Waals surface area contributed by atoms with E-state index < -0.39 is 0 Å². The molecule has 0 atom stereocenters. The summed E-state index contributed by atoms with van der Waals surface area (Å²) in [4.78, 5) is 21.9. The molecule has 0 unspecified atom stereocenters. The summed E-state index contributed by atoms with van der Waals surface area (Å²) in [6, 6.07) is 7.59. The first-order valence-corrected chi connectivity index (χ1v) is 14.2. The van der Waals surface area contributed by atoms with Crippen LogP contribution in [-0.2, 0) is 6.54 Å². The molecule has 2 aliphatic rings. The van der Waals surface area contributed by atoms with E-state index in [0.29, 0.717) is 28.0 Å². The van der Waals surface area contributed by atoms with Crippen LogP contribution >= 0.6 is 0 Å². The third kappa shape index (κ3) is 4.71. The number of nitrogens with one attached hydrogen (secondary N) is 3. The lowest BCUT2D eigenvalue weighted by molar-refractivity contribution is 0.312. The molecule has 1 saturated carbocycles. The van der Waals surface area contributed by atoms with Crippen LogP contribution in [0.2, 0.25) is 0 Å². The molecule has 2 fully saturated rings. The number of benzene rings is 1. The van der Waals surface area contributed by atoms with Gasteiger partial charge in [0.15, 0.2) is 11.6 Å². The van der Waals surface area contributed by atoms with Gasteiger partial charge in [-0.25, -0.2) is 14.4 Å². The molecule has 1 aliphatic carbocycles. The number of fused-ring (bicyclic) bond motifs is 2. The maximum Gasteiger partial charge on any atom is 0.159 e. The van der Waals surface area contributed by atoms with E-state index in [9.17, 15) is 0 Å². The van der Waals surface area contributed by atoms with Crippen LogP contribution in [0.3, 0.4) is 0 Å². The predicted molar refractivity (Wildman–Crippen MR) is 156 cm³/mol. The first-order chi connectivity index (χ1) is 19.6. The maximum atomic E-state index is 16.2. The van der Waals surface area contributed by atoms with Crippen molar-refractivity contribution in [2.45, 2.75) is 32.2 Å². The smallest absolute Gasteiger partial charge is 0.159 e. The Hall–Kier alpha value is -3.89. The minimum absolute atomic E-state index is 0.336. The highest BCUT2D eigenvalue weighted by Gasteiger charge is 2.23. The average Bonchev–Trinajstić information content (AvgIpc) is 3.73. The second-order valence-corrected chi connectivity index (χ2v) is 11.2. The quantitative estimate of drug-likeness (QED) is 0.275. The number of hydrogen-bond donors (Lipinski definition) is 3. The average molecular weight is 540 g/mol. The Morgan fingerprint density at radius 3 is 2.75 bits per heavy atom. The number of hydrogen-bond acceptors (Lipinski definition) is 7. The molecule has 4 aromatic heterocycles. The molecule has 0 bridgehead atoms. The highest BCUT2D eigenvalue weighted by atomic mass is 19.1. The first-order valence-electron chi connectivity index (χ1n) is 14.2. The van der Waals surface area contributed by atoms with E-state index in [1.54, 1.807) is 18.5 Å². The van der Waals surface area contributed by atoms with Crippen molar-refractivity contribution in [2.24, 2.45) is 5.92 Å². The van der Waals surface area contributed by atoms with Crippen LogP contribution in [0, 0.1) is 11.7 Å². The van der Waals surface area contributed by atoms with E-state index in [1.165, 1.54) is 25.7 Å². The molecule has 1 aromatic carbocycles. The van der Waals surface area contributed by atoms with Crippen molar-refractivity contribution in [2.75, 3.05) is 44.7 Å². The minimum Gasteiger partial charge on any atom is -0.352 e. The zero-order chi connectivity index (χ0) is 27.1. The zero-order valence-corrected chi connectivity index (χ0v) is 22.8. The van der Waals surface area contributed by atoms with Gasteiger partial charge in [-0.2, -0.15) is 5.10 Å². The lowest BCUT2D eigenvalue weighted by Gasteiger charge is -2.33. The van der Waals surface area contributed by atoms with Gasteiger partial charge in [-0.15, -0.1) is 0 Å². The monoisotopic (exact) mass is 539 g/mol. The van der Waals surface area contributed by atoms with E-state index in [2.05, 4.69) is 47.3 Å². The summed E-state index contributed by atoms with van der Waals surface area (Å²) in [6.07, 6.45) is 10.7. The summed E-state index contributed by atoms with van der Waals surface area (Å²) in [5, 5.41) is 11.4. The van der Waals surface area contributed by atoms with E-state index in [4.69, 9.17) is 4.98 Å². The van der Waals surface area contributed by atoms with Gasteiger partial charge in [0, 0.05) is 62.4 Å². The molecular formula is C30H34FN9. The summed E-state index contributed by atoms with van der Waals surface area (Å²) in [5.74, 6) is 1.79. The van der Waals surface area contributed by atoms with Gasteiger partial charge in [-0.3, -0.25) is 10.1 Å². The SMILES string of the molecule is CN1CCN(c2nccc3[nH]c(-c4n[nH]c5ccc(-c6cncc(CNCC7CCCC7)c6)c(F)c45)nc23)CC1. The number of anilines is 1. The molecule has 1 aliphatic heterocycles. The number of aromatic nitrogens is 6. The largest absolute Gasteiger partial charge is 0.352 e. The third-order valence-corrected chi connectivity index (χ3v) is 8.42. The topological polar surface area (TPSA) is 102 Å². The van der Waals surface area contributed by atoms with Crippen LogP contribution < -0.4 is 10.2 Å². The molecular weight excluding hydrogens is 505 g/mol. The third-order valence-electron chi connectivity index (χ3n) is 8.42. The van der Waals surface area contributed by atoms with Gasteiger partial charge in [0.05, 0.1) is 16.4 Å². The van der Waals surface area contributed by atoms with Crippen LogP contribution in [0.1, 0.15) is 31.2 Å². The number of imidazole rings is 1. The normalized spacial score (nSPS) is 17.0. The van der Waals surface area contributed by atoms with Gasteiger partial charge in [0.1, 0.15) is 17.0 Å². The van der Waals surface area contributed by atoms with E-state index in [-0.39, 0.29) is 5.82 Å². The van der Waals surface area contributed by atoms with Gasteiger partial charge in [-0.05, 0) is 62.2 Å². The number of likely N-dealkylation sites (N-methyl/N-ethyl adjacent to an activating group) is 1. The summed E-state index contributed by atoms with van der Waals surface area (Å²) >= 11 is 0. The van der Waals surface area contributed by atoms with Gasteiger partial charge in [-0.1, -0.05) is 12.8 Å². The number of aromatic amines is 2. The molecule has 0 spiro atoms. The Morgan fingerprint density at radius 2 is 1.90 bits per heavy atom. The molecule has 206 valence electrons. The summed E-state index contributed by atoms with van der Waals surface area (Å²) in [6.45, 7) is 5.46. The van der Waals surface area contributed by atoms with Gasteiger partial charge in [0.25, 0.3) is 0 Å². The molecule has 7 rings (SSSR count). The Morgan fingerprint density at radius 1 is 1.05 bits per heavy atom. The summed E-state index contributed by atoms with van der Waals surface area (Å²) in [7, 11) is 2.13. The van der Waals surface area contributed by atoms with Crippen LogP contribution in [0.15, 0.2) is 42.9 Å². The Labute approximate surface area is 232 Å². The van der Waals surface area contributed by atoms with Crippen molar-refractivity contribution >= 4 is 27.8 Å². The molecule has 10 heteroatoms. The van der Waals surface area contributed by atoms with E-state index in [1.807, 2.05) is 24.4 Å². The van der Waals surface area contributed by atoms with Crippen molar-refractivity contribution in [3.05, 3.63) is 54.2 Å². The van der Waals surface area contributed by atoms with Gasteiger partial charge in [0.2, 0.25) is 0 Å². The van der Waals surface area contributed by atoms with Crippen LogP contribution in [0.5, 0.6) is 0 Å². The summed E-state index contributed by atoms with van der Waals surface area (Å²) in [5.41, 5.74) is 5.00. The number of H-pyrrole nitrogens is 2. The fraction of sp³-hybridized carbons (Fsp3) is 0.400. The lowest BCUT2D eigenvalue weighted by Crippen LogP contribution is -2.44. The van der Waals surface area contributed by atoms with Crippen molar-refractivity contribution in [3.63, 3.8) is 0 Å². The first kappa shape index (κ1) is 25.1. The second kappa shape index (κ2) is 10.6. The molecule has 9 nitrogen and oxygen atoms in total. The number of rotatable bonds is 7. The Balaban J connectivity index is 1.20. The molecule has 5 heterocycles. The van der Waals surface area contributed by atoms with Crippen molar-refractivity contribution in [1.29, 1.82) is 0 Å². The number of pyridine rings is 2. The number of nitrogens with zero attached hydrogens (tertiary/aromatic N) is 6. The van der Waals surface area contributed by atoms with Gasteiger partial charge < -0.3 is 20.1 Å². The molecule has 40 heavy (non-hydrogen) atoms. The Kier molecular flexibility index (Phi) is 6.65. The van der Waals surface area contributed by atoms with E-state index in [0.717, 1.165) is 73.2 Å². The minimum atomic E-state index is -0.336. The van der Waals surface area contributed by atoms with Crippen molar-refractivity contribution < 1.29 is 4.39 Å². The highest BCUT2D eigenvalue weighted by Crippen LogP contribution is 2.35. The maximum absolute atomic E-state index is 16.2. The van der Waals surface area contributed by atoms with Crippen LogP contribution in [-0.4, -0.2) is 74.8 Å². The highest BCUT2D eigenvalue weighted by molar-refractivity contribution is 5.97. The summed E-state index contributed by atoms with van der Waals surface area (Å²) < 4.78 is 16.2. The number of piperazine rings is 1. The fourth-order valence-electron chi connectivity index (χ4n) is 6.12. The van der Waals surface area contributed by atoms with Crippen LogP contribution in [0.4, 0.5) is 10.2 Å². The van der Waals surface area contributed by atoms with Crippen molar-refractivity contribution in [3.8, 4) is 22.6 Å². The second-order valence-electron chi connectivity index (χ2n) is 11.2. The zero-order valence-electron chi connectivity index (χ0n) is 22.8. The fourth-order valence-corrected chi connectivity index (χ4v) is 6.12. The standard InChI is InChI=1S/C30H34FN9/c1-39-10-12-40(13-11-39)30-27-24(8-9-34-30)35-29(36-27)28-25-23(37-38-28)7-6-22(26(25)31)21-14-20(17-33-18-21)16-32-15-19-4-2-3-5-19/h6-9,14,17-19,32H,2-5,10-13,15-16H2,1H3,(H,35,36)(H,37,38). The molecule has 0 radical (unpaired) electrons. The van der Waals surface area contributed by atoms with E-state index >= 15 is 4.39 Å². The predicted octanol–water partition coefficient (Wildman–Crippen LogP) is 4.73. The lowest BCUT2D eigenvalue weighted by atomic mass is 10.0. The van der Waals surface area contributed by atoms with Crippen LogP contribution in [0.25, 0.3) is 44.6 Å².